The summed E-state index contributed by atoms with van der Waals surface area (Å²) in [5.74, 6) is 0. The Hall–Kier alpha value is -1.04. The highest BCUT2D eigenvalue weighted by Gasteiger charge is 1.80. The summed E-state index contributed by atoms with van der Waals surface area (Å²) in [4.78, 5) is 0. The summed E-state index contributed by atoms with van der Waals surface area (Å²) in [5.41, 5.74) is 1.14. The van der Waals surface area contributed by atoms with Crippen molar-refractivity contribution in [1.29, 1.82) is 0 Å². The molecule has 0 aliphatic heterocycles. The average Bonchev–Trinajstić information content (AvgIpc) is 2.01. The second-order valence-corrected chi connectivity index (χ2v) is 2.32. The fourth-order valence-corrected chi connectivity index (χ4v) is 0.640. The molecule has 0 rings (SSSR count). The lowest BCUT2D eigenvalue weighted by atomic mass is 10.2. The molecule has 0 N–H and O–H groups in total. The van der Waals surface area contributed by atoms with Crippen LogP contribution >= 0.6 is 0 Å². The summed E-state index contributed by atoms with van der Waals surface area (Å²) in [6.45, 7) is 7.91. The summed E-state index contributed by atoms with van der Waals surface area (Å²) in [6.07, 6.45) is 13.1. The molecule has 0 radical (unpaired) electrons. The normalized spacial score (nSPS) is 12.2. The fraction of sp³-hybridized carbons (Fsp3) is 0.273. The Morgan fingerprint density at radius 3 is 2.45 bits per heavy atom. The van der Waals surface area contributed by atoms with E-state index in [9.17, 15) is 0 Å². The third-order valence-corrected chi connectivity index (χ3v) is 1.25. The van der Waals surface area contributed by atoms with Gasteiger partial charge in [0.1, 0.15) is 0 Å². The maximum atomic E-state index is 3.89. The first-order chi connectivity index (χ1) is 5.31. The number of allylic oxidation sites excluding steroid dienone is 7. The number of rotatable bonds is 4. The van der Waals surface area contributed by atoms with Crippen LogP contribution < -0.4 is 0 Å². The van der Waals surface area contributed by atoms with Crippen molar-refractivity contribution in [3.8, 4) is 0 Å². The molecule has 0 atom stereocenters. The lowest BCUT2D eigenvalue weighted by molar-refractivity contribution is 1.29. The molecule has 0 aliphatic rings. The van der Waals surface area contributed by atoms with Crippen LogP contribution in [0, 0.1) is 0 Å². The first-order valence-corrected chi connectivity index (χ1v) is 3.89. The molecule has 0 saturated carbocycles. The molecule has 0 aliphatic carbocycles. The maximum absolute atomic E-state index is 3.89. The van der Waals surface area contributed by atoms with Gasteiger partial charge < -0.3 is 0 Å². The quantitative estimate of drug-likeness (QED) is 0.422. The SMILES string of the molecule is C=C(/C=C\C=C/C)C/C=C\C. The maximum Gasteiger partial charge on any atom is -0.0103 e. The van der Waals surface area contributed by atoms with Gasteiger partial charge >= 0.3 is 0 Å². The first kappa shape index (κ1) is 9.96. The fourth-order valence-electron chi connectivity index (χ4n) is 0.640. The van der Waals surface area contributed by atoms with Crippen LogP contribution in [-0.2, 0) is 0 Å². The monoisotopic (exact) mass is 148 g/mol. The standard InChI is InChI=1S/C11H16/c1-4-6-8-10-11(3)9-7-5-2/h4-8,10H,3,9H2,1-2H3/b6-4-,7-5-,10-8-. The molecule has 0 heteroatoms. The van der Waals surface area contributed by atoms with Gasteiger partial charge in [0.15, 0.2) is 0 Å². The molecular weight excluding hydrogens is 132 g/mol. The van der Waals surface area contributed by atoms with E-state index in [4.69, 9.17) is 0 Å². The molecule has 0 aromatic rings. The zero-order valence-corrected chi connectivity index (χ0v) is 7.38. The van der Waals surface area contributed by atoms with Crippen LogP contribution in [-0.4, -0.2) is 0 Å². The van der Waals surface area contributed by atoms with E-state index in [2.05, 4.69) is 12.7 Å². The van der Waals surface area contributed by atoms with E-state index >= 15 is 0 Å². The van der Waals surface area contributed by atoms with E-state index in [0.29, 0.717) is 0 Å². The first-order valence-electron chi connectivity index (χ1n) is 3.89. The summed E-state index contributed by atoms with van der Waals surface area (Å²) in [6, 6.07) is 0. The van der Waals surface area contributed by atoms with Crippen molar-refractivity contribution in [2.45, 2.75) is 20.3 Å². The minimum atomic E-state index is 0.949. The number of hydrogen-bond acceptors (Lipinski definition) is 0. The molecule has 0 heterocycles. The van der Waals surface area contributed by atoms with E-state index in [1.165, 1.54) is 0 Å². The van der Waals surface area contributed by atoms with Crippen molar-refractivity contribution in [1.82, 2.24) is 0 Å². The van der Waals surface area contributed by atoms with Gasteiger partial charge in [0.05, 0.1) is 0 Å². The smallest absolute Gasteiger partial charge is 0.0103 e. The van der Waals surface area contributed by atoms with Crippen molar-refractivity contribution in [2.75, 3.05) is 0 Å². The zero-order chi connectivity index (χ0) is 8.53. The summed E-state index contributed by atoms with van der Waals surface area (Å²) >= 11 is 0. The minimum Gasteiger partial charge on any atom is -0.0955 e. The van der Waals surface area contributed by atoms with E-state index in [1.54, 1.807) is 0 Å². The second-order valence-electron chi connectivity index (χ2n) is 2.32. The highest BCUT2D eigenvalue weighted by atomic mass is 13.9. The molecule has 0 nitrogen and oxygen atoms in total. The molecule has 0 saturated heterocycles. The van der Waals surface area contributed by atoms with Crippen LogP contribution in [0.5, 0.6) is 0 Å². The second kappa shape index (κ2) is 7.07. The molecule has 0 amide bonds. The number of hydrogen-bond donors (Lipinski definition) is 0. The summed E-state index contributed by atoms with van der Waals surface area (Å²) < 4.78 is 0. The van der Waals surface area contributed by atoms with Crippen molar-refractivity contribution >= 4 is 0 Å². The minimum absolute atomic E-state index is 0.949. The van der Waals surface area contributed by atoms with E-state index in [-0.39, 0.29) is 0 Å². The Morgan fingerprint density at radius 1 is 1.18 bits per heavy atom. The average molecular weight is 148 g/mol. The van der Waals surface area contributed by atoms with Crippen molar-refractivity contribution < 1.29 is 0 Å². The molecule has 0 aromatic heterocycles. The molecule has 0 fully saturated rings. The largest absolute Gasteiger partial charge is 0.0955 e. The van der Waals surface area contributed by atoms with Gasteiger partial charge in [-0.2, -0.15) is 0 Å². The predicted molar refractivity (Wildman–Crippen MR) is 52.5 cm³/mol. The Bertz CT molecular complexity index is 180. The topological polar surface area (TPSA) is 0 Å². The van der Waals surface area contributed by atoms with Crippen LogP contribution in [0.3, 0.4) is 0 Å². The third-order valence-electron chi connectivity index (χ3n) is 1.25. The van der Waals surface area contributed by atoms with Crippen LogP contribution in [0.2, 0.25) is 0 Å². The zero-order valence-electron chi connectivity index (χ0n) is 7.38. The van der Waals surface area contributed by atoms with Gasteiger partial charge in [0.2, 0.25) is 0 Å². The predicted octanol–water partition coefficient (Wildman–Crippen LogP) is 3.64. The van der Waals surface area contributed by atoms with Crippen LogP contribution in [0.1, 0.15) is 20.3 Å². The Kier molecular flexibility index (Phi) is 6.40. The highest BCUT2D eigenvalue weighted by Crippen LogP contribution is 2.00. The van der Waals surface area contributed by atoms with Crippen LogP contribution in [0.25, 0.3) is 0 Å². The Morgan fingerprint density at radius 2 is 1.91 bits per heavy atom. The van der Waals surface area contributed by atoms with Gasteiger partial charge in [-0.15, -0.1) is 0 Å². The van der Waals surface area contributed by atoms with E-state index in [0.717, 1.165) is 12.0 Å². The van der Waals surface area contributed by atoms with E-state index < -0.39 is 0 Å². The summed E-state index contributed by atoms with van der Waals surface area (Å²) in [7, 11) is 0. The van der Waals surface area contributed by atoms with Gasteiger partial charge in [-0.25, -0.2) is 0 Å². The van der Waals surface area contributed by atoms with Crippen molar-refractivity contribution in [2.24, 2.45) is 0 Å². The Balaban J connectivity index is 3.68. The van der Waals surface area contributed by atoms with Crippen LogP contribution in [0.15, 0.2) is 48.6 Å². The third kappa shape index (κ3) is 6.85. The van der Waals surface area contributed by atoms with Crippen molar-refractivity contribution in [3.63, 3.8) is 0 Å². The van der Waals surface area contributed by atoms with Crippen LogP contribution in [0.4, 0.5) is 0 Å². The lowest BCUT2D eigenvalue weighted by Gasteiger charge is -1.89. The molecule has 0 bridgehead atoms. The van der Waals surface area contributed by atoms with Crippen molar-refractivity contribution in [3.05, 3.63) is 48.6 Å². The van der Waals surface area contributed by atoms with Gasteiger partial charge in [-0.3, -0.25) is 0 Å². The molecule has 0 aromatic carbocycles. The molecule has 60 valence electrons. The summed E-state index contributed by atoms with van der Waals surface area (Å²) in [5, 5.41) is 0. The molecule has 0 unspecified atom stereocenters. The molecule has 11 heavy (non-hydrogen) atoms. The Labute approximate surface area is 69.6 Å². The van der Waals surface area contributed by atoms with Gasteiger partial charge in [0, 0.05) is 0 Å². The highest BCUT2D eigenvalue weighted by molar-refractivity contribution is 5.21. The molecular formula is C11H16. The van der Waals surface area contributed by atoms with Gasteiger partial charge in [-0.1, -0.05) is 48.6 Å². The molecule has 0 spiro atoms. The van der Waals surface area contributed by atoms with E-state index in [1.807, 2.05) is 44.2 Å². The van der Waals surface area contributed by atoms with Gasteiger partial charge in [0.25, 0.3) is 0 Å². The van der Waals surface area contributed by atoms with Gasteiger partial charge in [-0.05, 0) is 20.3 Å². The lowest BCUT2D eigenvalue weighted by Crippen LogP contribution is -1.69.